The van der Waals surface area contributed by atoms with Gasteiger partial charge in [0.15, 0.2) is 15.6 Å². The standard InChI is InChI=1S/C29H32F2N2O5S/c1-29(2,3)38-28(35)33-21-8-7-20(13-21)27(33)26(34)12-17(16-32)11-19-6-5-18(14-24(19)30)23-10-9-22(15-25(23)31)39(4,36)37/h5-6,9-10,14-15,17,20-21,27H,7-8,11-13H2,1-4H3/t17-,20+,21-,27+/m1/s1. The first-order chi connectivity index (χ1) is 18.2. The summed E-state index contributed by atoms with van der Waals surface area (Å²) in [4.78, 5) is 27.6. The highest BCUT2D eigenvalue weighted by Gasteiger charge is 2.52. The molecule has 0 spiro atoms. The van der Waals surface area contributed by atoms with Gasteiger partial charge in [-0.25, -0.2) is 22.0 Å². The first-order valence-electron chi connectivity index (χ1n) is 12.9. The second-order valence-corrected chi connectivity index (χ2v) is 13.5. The average molecular weight is 559 g/mol. The van der Waals surface area contributed by atoms with Crippen LogP contribution in [0.4, 0.5) is 13.6 Å². The molecule has 2 aliphatic rings. The van der Waals surface area contributed by atoms with Crippen molar-refractivity contribution in [1.82, 2.24) is 4.90 Å². The van der Waals surface area contributed by atoms with Gasteiger partial charge < -0.3 is 4.74 Å². The molecule has 0 aromatic heterocycles. The third-order valence-corrected chi connectivity index (χ3v) is 8.46. The van der Waals surface area contributed by atoms with Gasteiger partial charge in [0.05, 0.1) is 22.9 Å². The van der Waals surface area contributed by atoms with E-state index in [2.05, 4.69) is 6.07 Å². The van der Waals surface area contributed by atoms with Crippen LogP contribution in [-0.4, -0.2) is 49.1 Å². The Morgan fingerprint density at radius 3 is 2.44 bits per heavy atom. The second-order valence-electron chi connectivity index (χ2n) is 11.5. The van der Waals surface area contributed by atoms with Crippen LogP contribution >= 0.6 is 0 Å². The number of ether oxygens (including phenoxy) is 1. The van der Waals surface area contributed by atoms with Crippen molar-refractivity contribution < 1.29 is 31.5 Å². The number of rotatable bonds is 7. The number of sulfone groups is 1. The Morgan fingerprint density at radius 1 is 1.13 bits per heavy atom. The number of carbonyl (C=O) groups is 2. The number of halogens is 2. The monoisotopic (exact) mass is 558 g/mol. The van der Waals surface area contributed by atoms with Crippen molar-refractivity contribution in [2.75, 3.05) is 6.26 Å². The number of hydrogen-bond acceptors (Lipinski definition) is 6. The van der Waals surface area contributed by atoms with Crippen LogP contribution in [-0.2, 0) is 25.8 Å². The van der Waals surface area contributed by atoms with Crippen LogP contribution in [0.2, 0.25) is 0 Å². The quantitative estimate of drug-likeness (QED) is 0.447. The first-order valence-corrected chi connectivity index (χ1v) is 14.8. The van der Waals surface area contributed by atoms with Crippen molar-refractivity contribution in [2.24, 2.45) is 11.8 Å². The Kier molecular flexibility index (Phi) is 7.86. The van der Waals surface area contributed by atoms with Crippen molar-refractivity contribution >= 4 is 21.7 Å². The fourth-order valence-electron chi connectivity index (χ4n) is 5.61. The van der Waals surface area contributed by atoms with E-state index in [9.17, 15) is 27.7 Å². The molecule has 10 heteroatoms. The number of ketones is 1. The van der Waals surface area contributed by atoms with Gasteiger partial charge in [-0.3, -0.25) is 9.69 Å². The summed E-state index contributed by atoms with van der Waals surface area (Å²) in [7, 11) is -3.59. The summed E-state index contributed by atoms with van der Waals surface area (Å²) in [5, 5.41) is 9.76. The Labute approximate surface area is 227 Å². The van der Waals surface area contributed by atoms with Crippen molar-refractivity contribution in [3.05, 3.63) is 53.6 Å². The van der Waals surface area contributed by atoms with E-state index in [0.717, 1.165) is 37.7 Å². The fraction of sp³-hybridized carbons (Fsp3) is 0.483. The third kappa shape index (κ3) is 6.30. The van der Waals surface area contributed by atoms with Crippen LogP contribution in [0.25, 0.3) is 11.1 Å². The van der Waals surface area contributed by atoms with Gasteiger partial charge >= 0.3 is 6.09 Å². The van der Waals surface area contributed by atoms with Gasteiger partial charge in [0, 0.05) is 24.3 Å². The summed E-state index contributed by atoms with van der Waals surface area (Å²) in [5.41, 5.74) is -0.251. The summed E-state index contributed by atoms with van der Waals surface area (Å²) in [6.45, 7) is 5.29. The van der Waals surface area contributed by atoms with E-state index in [-0.39, 0.29) is 52.2 Å². The van der Waals surface area contributed by atoms with E-state index < -0.39 is 45.1 Å². The number of fused-ring (bicyclic) bond motifs is 2. The summed E-state index contributed by atoms with van der Waals surface area (Å²) in [6.07, 6.45) is 2.65. The molecule has 39 heavy (non-hydrogen) atoms. The molecular weight excluding hydrogens is 526 g/mol. The molecule has 4 atom stereocenters. The second kappa shape index (κ2) is 10.7. The van der Waals surface area contributed by atoms with Gasteiger partial charge in [-0.15, -0.1) is 0 Å². The fourth-order valence-corrected chi connectivity index (χ4v) is 6.25. The Morgan fingerprint density at radius 2 is 1.85 bits per heavy atom. The number of Topliss-reactive ketones (excluding diaryl/α,β-unsaturated/α-hetero) is 1. The molecule has 0 N–H and O–H groups in total. The molecule has 1 amide bonds. The molecule has 1 saturated heterocycles. The zero-order valence-electron chi connectivity index (χ0n) is 22.4. The van der Waals surface area contributed by atoms with E-state index in [1.54, 1.807) is 20.8 Å². The summed E-state index contributed by atoms with van der Waals surface area (Å²) >= 11 is 0. The highest BCUT2D eigenvalue weighted by atomic mass is 32.2. The van der Waals surface area contributed by atoms with Crippen LogP contribution in [0, 0.1) is 34.8 Å². The average Bonchev–Trinajstić information content (AvgIpc) is 3.45. The highest BCUT2D eigenvalue weighted by molar-refractivity contribution is 7.90. The number of amides is 1. The maximum Gasteiger partial charge on any atom is 0.411 e. The molecule has 1 saturated carbocycles. The molecular formula is C29H32F2N2O5S. The van der Waals surface area contributed by atoms with Crippen molar-refractivity contribution in [1.29, 1.82) is 5.26 Å². The smallest absolute Gasteiger partial charge is 0.411 e. The number of nitrogens with zero attached hydrogens (tertiary/aromatic N) is 2. The molecule has 2 bridgehead atoms. The number of piperidine rings is 1. The molecule has 1 heterocycles. The number of carbonyl (C=O) groups excluding carboxylic acids is 2. The maximum atomic E-state index is 15.0. The Balaban J connectivity index is 1.48. The molecule has 1 aliphatic carbocycles. The lowest BCUT2D eigenvalue weighted by molar-refractivity contribution is -0.126. The maximum absolute atomic E-state index is 15.0. The van der Waals surface area contributed by atoms with Gasteiger partial charge in [0.1, 0.15) is 17.2 Å². The minimum Gasteiger partial charge on any atom is -0.444 e. The summed E-state index contributed by atoms with van der Waals surface area (Å²) in [6, 6.07) is 8.87. The molecule has 208 valence electrons. The SMILES string of the molecule is CC(C)(C)OC(=O)N1[C@@H]2CC[C@@H](C2)[C@H]1C(=O)C[C@H](C#N)Cc1ccc(-c2ccc(S(C)(=O)=O)cc2F)cc1F. The van der Waals surface area contributed by atoms with E-state index in [1.165, 1.54) is 29.2 Å². The summed E-state index contributed by atoms with van der Waals surface area (Å²) in [5.74, 6) is -2.49. The lowest BCUT2D eigenvalue weighted by atomic mass is 9.87. The lowest BCUT2D eigenvalue weighted by Crippen LogP contribution is -2.51. The van der Waals surface area contributed by atoms with E-state index in [1.807, 2.05) is 0 Å². The molecule has 4 rings (SSSR count). The molecule has 2 aromatic rings. The van der Waals surface area contributed by atoms with E-state index in [0.29, 0.717) is 0 Å². The van der Waals surface area contributed by atoms with Gasteiger partial charge in [0.2, 0.25) is 0 Å². The number of benzene rings is 2. The molecule has 0 unspecified atom stereocenters. The van der Waals surface area contributed by atoms with Crippen LogP contribution in [0.1, 0.15) is 52.0 Å². The molecule has 1 aliphatic heterocycles. The molecule has 2 fully saturated rings. The van der Waals surface area contributed by atoms with Crippen LogP contribution in [0.5, 0.6) is 0 Å². The van der Waals surface area contributed by atoms with Crippen LogP contribution < -0.4 is 0 Å². The topological polar surface area (TPSA) is 105 Å². The predicted molar refractivity (Wildman–Crippen MR) is 140 cm³/mol. The Hall–Kier alpha value is -3.32. The Bertz CT molecular complexity index is 1440. The minimum atomic E-state index is -3.59. The molecule has 0 radical (unpaired) electrons. The normalized spacial score (nSPS) is 21.5. The number of hydrogen-bond donors (Lipinski definition) is 0. The van der Waals surface area contributed by atoms with Gasteiger partial charge in [0.25, 0.3) is 0 Å². The zero-order chi connectivity index (χ0) is 28.7. The van der Waals surface area contributed by atoms with Crippen molar-refractivity contribution in [3.63, 3.8) is 0 Å². The van der Waals surface area contributed by atoms with Crippen molar-refractivity contribution in [2.45, 2.75) is 75.5 Å². The van der Waals surface area contributed by atoms with Crippen molar-refractivity contribution in [3.8, 4) is 17.2 Å². The minimum absolute atomic E-state index is 0.0226. The van der Waals surface area contributed by atoms with Crippen LogP contribution in [0.15, 0.2) is 41.3 Å². The summed E-state index contributed by atoms with van der Waals surface area (Å²) < 4.78 is 58.5. The largest absolute Gasteiger partial charge is 0.444 e. The third-order valence-electron chi connectivity index (χ3n) is 7.35. The predicted octanol–water partition coefficient (Wildman–Crippen LogP) is 5.46. The van der Waals surface area contributed by atoms with Gasteiger partial charge in [-0.2, -0.15) is 5.26 Å². The van der Waals surface area contributed by atoms with Gasteiger partial charge in [-0.05, 0) is 81.7 Å². The zero-order valence-corrected chi connectivity index (χ0v) is 23.2. The number of likely N-dealkylation sites (tertiary alicyclic amines) is 1. The number of nitriles is 1. The lowest BCUT2D eigenvalue weighted by Gasteiger charge is -2.35. The van der Waals surface area contributed by atoms with Crippen LogP contribution in [0.3, 0.4) is 0 Å². The van der Waals surface area contributed by atoms with E-state index >= 15 is 4.39 Å². The molecule has 7 nitrogen and oxygen atoms in total. The van der Waals surface area contributed by atoms with Gasteiger partial charge in [-0.1, -0.05) is 18.2 Å². The first kappa shape index (κ1) is 28.7. The van der Waals surface area contributed by atoms with E-state index in [4.69, 9.17) is 4.74 Å². The highest BCUT2D eigenvalue weighted by Crippen LogP contribution is 2.44. The molecule has 2 aromatic carbocycles.